The van der Waals surface area contributed by atoms with Gasteiger partial charge in [-0.1, -0.05) is 6.85 Å². The zero-order chi connectivity index (χ0) is 8.75. The van der Waals surface area contributed by atoms with Crippen LogP contribution in [-0.2, 0) is 0 Å². The fraction of sp³-hybridized carbons (Fsp3) is 1.00. The molecule has 4 unspecified atom stereocenters. The Hall–Kier alpha value is 0. The Balaban J connectivity index is 1.72. The summed E-state index contributed by atoms with van der Waals surface area (Å²) in [7, 11) is 0. The lowest BCUT2D eigenvalue weighted by Crippen LogP contribution is -2.87. The van der Waals surface area contributed by atoms with Crippen molar-refractivity contribution in [3.8, 4) is 0 Å². The lowest BCUT2D eigenvalue weighted by molar-refractivity contribution is -0.440. The molecule has 0 aromatic carbocycles. The van der Waals surface area contributed by atoms with E-state index in [-0.39, 0.29) is 5.41 Å². The van der Waals surface area contributed by atoms with Gasteiger partial charge in [0.1, 0.15) is 0 Å². The van der Waals surface area contributed by atoms with Crippen LogP contribution in [0.1, 0.15) is 17.4 Å². The minimum Gasteiger partial charge on any atom is -0.0588 e. The average Bonchev–Trinajstić information content (AvgIpc) is 2.25. The Morgan fingerprint density at radius 1 is 1.20 bits per heavy atom. The van der Waals surface area contributed by atoms with Crippen molar-refractivity contribution in [1.29, 1.82) is 0 Å². The van der Waals surface area contributed by atoms with Gasteiger partial charge in [0.25, 0.3) is 0 Å². The second-order valence-electron chi connectivity index (χ2n) is 5.23. The molecule has 52 valence electrons. The standard InChI is InChI=1S/C10H12/c1-10-7-4-2-3-5(7)9(10)6(3)8(4)10/h3-9H,2H2,1H3/i1D3. The van der Waals surface area contributed by atoms with Crippen molar-refractivity contribution in [2.75, 3.05) is 0 Å². The summed E-state index contributed by atoms with van der Waals surface area (Å²) in [6, 6.07) is 0. The van der Waals surface area contributed by atoms with E-state index in [1.165, 1.54) is 6.42 Å². The lowest BCUT2D eigenvalue weighted by atomic mass is 9.14. The van der Waals surface area contributed by atoms with Crippen LogP contribution in [0.4, 0.5) is 0 Å². The van der Waals surface area contributed by atoms with Crippen molar-refractivity contribution in [3.63, 3.8) is 0 Å². The minimum atomic E-state index is -1.62. The fourth-order valence-corrected chi connectivity index (χ4v) is 5.89. The summed E-state index contributed by atoms with van der Waals surface area (Å²) in [6.45, 7) is -1.62. The Kier molecular flexibility index (Phi) is 0.206. The van der Waals surface area contributed by atoms with Crippen LogP contribution in [0.5, 0.6) is 0 Å². The van der Waals surface area contributed by atoms with Gasteiger partial charge in [0.15, 0.2) is 0 Å². The van der Waals surface area contributed by atoms with Gasteiger partial charge in [-0.3, -0.25) is 0 Å². The molecule has 0 saturated heterocycles. The van der Waals surface area contributed by atoms with Gasteiger partial charge in [-0.05, 0) is 53.3 Å². The van der Waals surface area contributed by atoms with Crippen molar-refractivity contribution in [3.05, 3.63) is 0 Å². The predicted octanol–water partition coefficient (Wildman–Crippen LogP) is 1.76. The molecule has 0 nitrogen and oxygen atoms in total. The first-order valence-electron chi connectivity index (χ1n) is 6.10. The molecule has 6 fully saturated rings. The van der Waals surface area contributed by atoms with Gasteiger partial charge >= 0.3 is 0 Å². The Morgan fingerprint density at radius 3 is 2.60 bits per heavy atom. The van der Waals surface area contributed by atoms with E-state index in [0.29, 0.717) is 17.8 Å². The van der Waals surface area contributed by atoms with Crippen molar-refractivity contribution in [2.45, 2.75) is 13.3 Å². The quantitative estimate of drug-likeness (QED) is 0.475. The van der Waals surface area contributed by atoms with Crippen molar-refractivity contribution < 1.29 is 4.11 Å². The van der Waals surface area contributed by atoms with Crippen molar-refractivity contribution >= 4 is 0 Å². The number of hydrogen-bond donors (Lipinski definition) is 0. The Morgan fingerprint density at radius 2 is 2.00 bits per heavy atom. The van der Waals surface area contributed by atoms with Gasteiger partial charge < -0.3 is 0 Å². The van der Waals surface area contributed by atoms with Gasteiger partial charge in [-0.15, -0.1) is 0 Å². The monoisotopic (exact) mass is 135 g/mol. The summed E-state index contributed by atoms with van der Waals surface area (Å²) >= 11 is 0. The van der Waals surface area contributed by atoms with Crippen LogP contribution in [0.15, 0.2) is 0 Å². The third-order valence-electron chi connectivity index (χ3n) is 5.77. The van der Waals surface area contributed by atoms with E-state index < -0.39 is 6.85 Å². The predicted molar refractivity (Wildman–Crippen MR) is 37.2 cm³/mol. The fourth-order valence-electron chi connectivity index (χ4n) is 5.89. The second-order valence-corrected chi connectivity index (χ2v) is 5.23. The molecule has 0 aliphatic heterocycles. The molecule has 6 aliphatic rings. The van der Waals surface area contributed by atoms with Crippen LogP contribution in [0, 0.1) is 46.8 Å². The molecule has 0 aromatic rings. The third kappa shape index (κ3) is 0.134. The molecule has 6 aliphatic carbocycles. The molecule has 6 saturated carbocycles. The molecule has 10 heavy (non-hydrogen) atoms. The van der Waals surface area contributed by atoms with E-state index in [0.717, 1.165) is 23.7 Å². The summed E-state index contributed by atoms with van der Waals surface area (Å²) < 4.78 is 23.0. The molecular weight excluding hydrogens is 120 g/mol. The molecule has 6 rings (SSSR count). The molecule has 0 N–H and O–H groups in total. The lowest BCUT2D eigenvalue weighted by Gasteiger charge is -2.90. The maximum absolute atomic E-state index is 7.68. The normalized spacial score (nSPS) is 103. The number of rotatable bonds is 0. The molecule has 0 heterocycles. The first-order valence-corrected chi connectivity index (χ1v) is 4.60. The molecule has 2 bridgehead atoms. The molecule has 0 heteroatoms. The first-order chi connectivity index (χ1) is 6.10. The van der Waals surface area contributed by atoms with E-state index >= 15 is 0 Å². The van der Waals surface area contributed by atoms with E-state index in [1.807, 2.05) is 0 Å². The van der Waals surface area contributed by atoms with Crippen LogP contribution < -0.4 is 0 Å². The van der Waals surface area contributed by atoms with Gasteiger partial charge in [0.05, 0.1) is 0 Å². The first kappa shape index (κ1) is 2.80. The average molecular weight is 135 g/mol. The highest BCUT2D eigenvalue weighted by Crippen LogP contribution is 2.99. The van der Waals surface area contributed by atoms with E-state index in [4.69, 9.17) is 4.11 Å². The molecule has 0 aromatic heterocycles. The highest BCUT2D eigenvalue weighted by Gasteiger charge is 2.95. The second kappa shape index (κ2) is 0.735. The summed E-state index contributed by atoms with van der Waals surface area (Å²) in [5.41, 5.74) is -0.111. The van der Waals surface area contributed by atoms with Crippen molar-refractivity contribution in [1.82, 2.24) is 0 Å². The highest BCUT2D eigenvalue weighted by atomic mass is 15.0. The Bertz CT molecular complexity index is 321. The topological polar surface area (TPSA) is 0 Å². The van der Waals surface area contributed by atoms with Crippen LogP contribution in [-0.4, -0.2) is 0 Å². The van der Waals surface area contributed by atoms with Crippen molar-refractivity contribution in [2.24, 2.45) is 46.8 Å². The van der Waals surface area contributed by atoms with Crippen LogP contribution >= 0.6 is 0 Å². The zero-order valence-electron chi connectivity index (χ0n) is 8.75. The van der Waals surface area contributed by atoms with E-state index in [9.17, 15) is 0 Å². The smallest absolute Gasteiger partial charge is 0.0236 e. The molecule has 0 amide bonds. The van der Waals surface area contributed by atoms with E-state index in [2.05, 4.69) is 0 Å². The summed E-state index contributed by atoms with van der Waals surface area (Å²) in [4.78, 5) is 0. The molecule has 0 radical (unpaired) electrons. The highest BCUT2D eigenvalue weighted by molar-refractivity contribution is 5.42. The van der Waals surface area contributed by atoms with Crippen LogP contribution in [0.2, 0.25) is 0 Å². The van der Waals surface area contributed by atoms with Gasteiger partial charge in [-0.25, -0.2) is 0 Å². The molecule has 4 atom stereocenters. The van der Waals surface area contributed by atoms with Crippen LogP contribution in [0.3, 0.4) is 0 Å². The summed E-state index contributed by atoms with van der Waals surface area (Å²) in [6.07, 6.45) is 1.40. The number of hydrogen-bond acceptors (Lipinski definition) is 0. The zero-order valence-corrected chi connectivity index (χ0v) is 5.75. The SMILES string of the molecule is [2H]C([2H])([2H])C12C3C4CC5C3C1C5C42. The summed E-state index contributed by atoms with van der Waals surface area (Å²) in [5.74, 6) is 5.62. The van der Waals surface area contributed by atoms with Crippen LogP contribution in [0.25, 0.3) is 0 Å². The molecule has 0 spiro atoms. The minimum absolute atomic E-state index is 0.111. The largest absolute Gasteiger partial charge is 0.0588 e. The maximum atomic E-state index is 7.68. The maximum Gasteiger partial charge on any atom is 0.0236 e. The molecular formula is C10H12. The summed E-state index contributed by atoms with van der Waals surface area (Å²) in [5, 5.41) is 0. The Labute approximate surface area is 65.2 Å². The van der Waals surface area contributed by atoms with Gasteiger partial charge in [0, 0.05) is 4.11 Å². The van der Waals surface area contributed by atoms with Gasteiger partial charge in [0.2, 0.25) is 0 Å². The van der Waals surface area contributed by atoms with Gasteiger partial charge in [-0.2, -0.15) is 0 Å². The van der Waals surface area contributed by atoms with E-state index in [1.54, 1.807) is 0 Å². The third-order valence-corrected chi connectivity index (χ3v) is 5.77.